The van der Waals surface area contributed by atoms with Crippen molar-refractivity contribution in [3.05, 3.63) is 0 Å². The molecule has 0 bridgehead atoms. The molecule has 0 aromatic rings. The fraction of sp³-hybridized carbons (Fsp3) is 0.667. The zero-order chi connectivity index (χ0) is 12.8. The lowest BCUT2D eigenvalue weighted by Crippen LogP contribution is -2.42. The second-order valence-electron chi connectivity index (χ2n) is 4.26. The van der Waals surface area contributed by atoms with E-state index in [9.17, 15) is 14.4 Å². The van der Waals surface area contributed by atoms with Crippen molar-refractivity contribution in [2.75, 3.05) is 0 Å². The molecule has 0 heterocycles. The predicted molar refractivity (Wildman–Crippen MR) is 58.9 cm³/mol. The molecule has 1 atom stereocenters. The average Bonchev–Trinajstić information content (AvgIpc) is 2.08. The van der Waals surface area contributed by atoms with Crippen molar-refractivity contribution < 1.29 is 24.2 Å². The van der Waals surface area contributed by atoms with Gasteiger partial charge in [-0.15, -0.1) is 0 Å². The van der Waals surface area contributed by atoms with Gasteiger partial charge in [0.15, 0.2) is 0 Å². The Labute approximate surface area is 94.6 Å². The maximum atomic E-state index is 11.3. The second-order valence-corrected chi connectivity index (χ2v) is 4.26. The van der Waals surface area contributed by atoms with Crippen molar-refractivity contribution >= 4 is 25.5 Å². The summed E-state index contributed by atoms with van der Waals surface area (Å²) in [4.78, 5) is 32.1. The number of hydrogen-bond donors (Lipinski definition) is 2. The molecule has 6 nitrogen and oxygen atoms in total. The molecule has 16 heavy (non-hydrogen) atoms. The fourth-order valence-corrected chi connectivity index (χ4v) is 0.987. The third kappa shape index (κ3) is 7.00. The highest BCUT2D eigenvalue weighted by Gasteiger charge is 2.24. The van der Waals surface area contributed by atoms with Gasteiger partial charge in [0.05, 0.1) is 12.6 Å². The number of aliphatic carboxylic acids is 1. The third-order valence-corrected chi connectivity index (χ3v) is 1.54. The van der Waals surface area contributed by atoms with Crippen LogP contribution in [-0.2, 0) is 19.1 Å². The van der Waals surface area contributed by atoms with Crippen molar-refractivity contribution in [3.8, 4) is 0 Å². The molecule has 0 spiro atoms. The Kier molecular flexibility index (Phi) is 5.73. The largest absolute Gasteiger partial charge is 0.480 e. The number of ether oxygens (including phenoxy) is 1. The van der Waals surface area contributed by atoms with E-state index in [0.717, 1.165) is 0 Å². The third-order valence-electron chi connectivity index (χ3n) is 1.54. The molecular weight excluding hydrogens is 213 g/mol. The Hall–Kier alpha value is -1.37. The van der Waals surface area contributed by atoms with Crippen molar-refractivity contribution in [2.24, 2.45) is 0 Å². The molecule has 0 aromatic heterocycles. The van der Waals surface area contributed by atoms with Gasteiger partial charge >= 0.3 is 11.9 Å². The van der Waals surface area contributed by atoms with E-state index in [0.29, 0.717) is 6.19 Å². The smallest absolute Gasteiger partial charge is 0.320 e. The minimum absolute atomic E-state index is 0.111. The molecule has 0 saturated carbocycles. The van der Waals surface area contributed by atoms with Crippen LogP contribution in [0.15, 0.2) is 0 Å². The van der Waals surface area contributed by atoms with Crippen molar-refractivity contribution in [1.29, 1.82) is 0 Å². The maximum Gasteiger partial charge on any atom is 0.320 e. The number of esters is 1. The van der Waals surface area contributed by atoms with Gasteiger partial charge in [-0.2, -0.15) is 0 Å². The van der Waals surface area contributed by atoms with Gasteiger partial charge in [0.25, 0.3) is 7.41 Å². The van der Waals surface area contributed by atoms with E-state index in [-0.39, 0.29) is 13.8 Å². The van der Waals surface area contributed by atoms with Gasteiger partial charge in [0, 0.05) is 0 Å². The summed E-state index contributed by atoms with van der Waals surface area (Å²) in [6, 6.07) is -1.10. The molecule has 90 valence electrons. The highest BCUT2D eigenvalue weighted by Crippen LogP contribution is 2.09. The first-order chi connectivity index (χ1) is 7.26. The fourth-order valence-electron chi connectivity index (χ4n) is 0.987. The lowest BCUT2D eigenvalue weighted by molar-refractivity contribution is -0.158. The van der Waals surface area contributed by atoms with Gasteiger partial charge in [0.2, 0.25) is 0 Å². The van der Waals surface area contributed by atoms with Crippen LogP contribution in [0.3, 0.4) is 0 Å². The van der Waals surface area contributed by atoms with E-state index < -0.39 is 23.6 Å². The van der Waals surface area contributed by atoms with E-state index in [2.05, 4.69) is 5.23 Å². The first-order valence-electron chi connectivity index (χ1n) is 4.88. The SMILES string of the molecule is CC(C)(C)OC(=O)C[C@H](NBC=O)C(=O)O. The molecule has 0 aliphatic rings. The topological polar surface area (TPSA) is 92.7 Å². The zero-order valence-electron chi connectivity index (χ0n) is 9.65. The molecule has 0 fully saturated rings. The number of nitrogens with one attached hydrogen (secondary N) is 1. The van der Waals surface area contributed by atoms with Crippen LogP contribution < -0.4 is 5.23 Å². The Bertz CT molecular complexity index is 274. The van der Waals surface area contributed by atoms with Crippen molar-refractivity contribution in [3.63, 3.8) is 0 Å². The van der Waals surface area contributed by atoms with E-state index in [1.165, 1.54) is 0 Å². The monoisotopic (exact) mass is 229 g/mol. The number of rotatable bonds is 6. The summed E-state index contributed by atoms with van der Waals surface area (Å²) in [5.41, 5.74) is -0.648. The summed E-state index contributed by atoms with van der Waals surface area (Å²) in [6.45, 7) is 5.08. The summed E-state index contributed by atoms with van der Waals surface area (Å²) in [5.74, 6) is -1.80. The van der Waals surface area contributed by atoms with Crippen LogP contribution in [-0.4, -0.2) is 42.3 Å². The molecule has 0 aliphatic carbocycles. The Balaban J connectivity index is 4.23. The molecule has 2 N–H and O–H groups in total. The minimum atomic E-state index is -1.19. The summed E-state index contributed by atoms with van der Waals surface area (Å²) < 4.78 is 4.97. The Morgan fingerprint density at radius 3 is 2.44 bits per heavy atom. The number of carboxylic acids is 1. The van der Waals surface area contributed by atoms with Crippen LogP contribution in [0.1, 0.15) is 27.2 Å². The van der Waals surface area contributed by atoms with Crippen molar-refractivity contribution in [1.82, 2.24) is 5.23 Å². The molecule has 0 radical (unpaired) electrons. The molecule has 0 aromatic carbocycles. The normalized spacial score (nSPS) is 12.7. The lowest BCUT2D eigenvalue weighted by Gasteiger charge is -2.21. The van der Waals surface area contributed by atoms with Gasteiger partial charge in [0.1, 0.15) is 11.6 Å². The maximum absolute atomic E-state index is 11.3. The van der Waals surface area contributed by atoms with Crippen LogP contribution >= 0.6 is 0 Å². The molecule has 0 unspecified atom stereocenters. The van der Waals surface area contributed by atoms with Crippen LogP contribution in [0.5, 0.6) is 0 Å². The number of carboxylic acid groups (broad SMARTS) is 1. The number of hydrogen-bond acceptors (Lipinski definition) is 5. The van der Waals surface area contributed by atoms with Gasteiger partial charge in [-0.1, -0.05) is 0 Å². The summed E-state index contributed by atoms with van der Waals surface area (Å²) in [5, 5.41) is 11.2. The zero-order valence-corrected chi connectivity index (χ0v) is 9.65. The average molecular weight is 229 g/mol. The number of carbonyl (C=O) groups is 3. The van der Waals surface area contributed by atoms with Crippen LogP contribution in [0, 0.1) is 0 Å². The first-order valence-corrected chi connectivity index (χ1v) is 4.88. The van der Waals surface area contributed by atoms with E-state index in [4.69, 9.17) is 9.84 Å². The quantitative estimate of drug-likeness (QED) is 0.355. The molecular formula is C9H16BNO5. The van der Waals surface area contributed by atoms with E-state index >= 15 is 0 Å². The van der Waals surface area contributed by atoms with E-state index in [1.54, 1.807) is 20.8 Å². The molecule has 7 heteroatoms. The molecule has 0 aliphatic heterocycles. The minimum Gasteiger partial charge on any atom is -0.480 e. The predicted octanol–water partition coefficient (Wildman–Crippen LogP) is -0.697. The van der Waals surface area contributed by atoms with Crippen LogP contribution in [0.2, 0.25) is 0 Å². The first kappa shape index (κ1) is 14.6. The summed E-state index contributed by atoms with van der Waals surface area (Å²) >= 11 is 0. The second kappa shape index (κ2) is 6.27. The molecule has 0 saturated heterocycles. The van der Waals surface area contributed by atoms with Gasteiger partial charge in [-0.25, -0.2) is 0 Å². The summed E-state index contributed by atoms with van der Waals surface area (Å²) in [6.07, 6.45) is 0.228. The van der Waals surface area contributed by atoms with Crippen LogP contribution in [0.4, 0.5) is 0 Å². The van der Waals surface area contributed by atoms with Gasteiger partial charge in [-0.3, -0.25) is 9.59 Å². The van der Waals surface area contributed by atoms with E-state index in [1.807, 2.05) is 0 Å². The van der Waals surface area contributed by atoms with Gasteiger partial charge < -0.3 is 19.9 Å². The standard InChI is InChI=1S/C9H16BNO5/c1-9(2,3)16-7(13)4-6(8(14)15)11-10-5-12/h5-6,10-11H,4H2,1-3H3,(H,14,15)/t6-/m0/s1. The highest BCUT2D eigenvalue weighted by molar-refractivity contribution is 6.64. The molecule has 0 amide bonds. The molecule has 0 rings (SSSR count). The lowest BCUT2D eigenvalue weighted by atomic mass is 9.95. The van der Waals surface area contributed by atoms with Gasteiger partial charge in [-0.05, 0) is 20.8 Å². The summed E-state index contributed by atoms with van der Waals surface area (Å²) in [7, 11) is -0.111. The number of carbonyl (C=O) groups excluding carboxylic acids is 2. The van der Waals surface area contributed by atoms with Crippen LogP contribution in [0.25, 0.3) is 0 Å². The Morgan fingerprint density at radius 1 is 1.50 bits per heavy atom. The van der Waals surface area contributed by atoms with Crippen molar-refractivity contribution in [2.45, 2.75) is 38.8 Å². The highest BCUT2D eigenvalue weighted by atomic mass is 16.6. The Morgan fingerprint density at radius 2 is 2.06 bits per heavy atom.